The predicted molar refractivity (Wildman–Crippen MR) is 56.6 cm³/mol. The first-order valence-electron chi connectivity index (χ1n) is 2.84. The summed E-state index contributed by atoms with van der Waals surface area (Å²) in [7, 11) is 0. The average Bonchev–Trinajstić information content (AvgIpc) is 1.99. The van der Waals surface area contributed by atoms with Crippen molar-refractivity contribution in [3.8, 4) is 0 Å². The van der Waals surface area contributed by atoms with Gasteiger partial charge in [0.05, 0.1) is 7.14 Å². The maximum atomic E-state index is 12.9. The fourth-order valence-corrected chi connectivity index (χ4v) is 2.58. The fourth-order valence-electron chi connectivity index (χ4n) is 0.685. The molecular weight excluding hydrogens is 376 g/mol. The van der Waals surface area contributed by atoms with E-state index in [0.717, 1.165) is 0 Å². The van der Waals surface area contributed by atoms with Crippen LogP contribution in [0.4, 0.5) is 8.78 Å². The molecule has 0 nitrogen and oxygen atoms in total. The van der Waals surface area contributed by atoms with Gasteiger partial charge in [-0.3, -0.25) is 0 Å². The molecule has 0 heterocycles. The van der Waals surface area contributed by atoms with Gasteiger partial charge in [0.15, 0.2) is 0 Å². The van der Waals surface area contributed by atoms with Crippen LogP contribution in [-0.2, 0) is 6.67 Å². The van der Waals surface area contributed by atoms with E-state index in [1.807, 2.05) is 45.2 Å². The molecule has 11 heavy (non-hydrogen) atoms. The van der Waals surface area contributed by atoms with Gasteiger partial charge < -0.3 is 0 Å². The molecule has 0 bridgehead atoms. The molecule has 0 aliphatic carbocycles. The number of benzene rings is 1. The van der Waals surface area contributed by atoms with Crippen molar-refractivity contribution in [2.45, 2.75) is 6.67 Å². The van der Waals surface area contributed by atoms with Crippen LogP contribution in [0, 0.1) is 13.0 Å². The summed E-state index contributed by atoms with van der Waals surface area (Å²) in [6, 6.07) is 3.02. The van der Waals surface area contributed by atoms with Gasteiger partial charge in [-0.25, -0.2) is 8.78 Å². The number of halogens is 4. The summed E-state index contributed by atoms with van der Waals surface area (Å²) >= 11 is 3.70. The molecule has 1 rings (SSSR count). The zero-order valence-electron chi connectivity index (χ0n) is 5.37. The molecule has 1 aromatic carbocycles. The van der Waals surface area contributed by atoms with Crippen molar-refractivity contribution in [2.24, 2.45) is 0 Å². The molecule has 0 N–H and O–H groups in total. The number of rotatable bonds is 1. The van der Waals surface area contributed by atoms with E-state index in [0.29, 0.717) is 12.7 Å². The van der Waals surface area contributed by atoms with E-state index in [9.17, 15) is 8.78 Å². The van der Waals surface area contributed by atoms with Crippen LogP contribution >= 0.6 is 45.2 Å². The Morgan fingerprint density at radius 1 is 1.18 bits per heavy atom. The molecule has 0 atom stereocenters. The Morgan fingerprint density at radius 3 is 2.00 bits per heavy atom. The van der Waals surface area contributed by atoms with Crippen LogP contribution in [0.15, 0.2) is 12.1 Å². The Hall–Kier alpha value is 0.540. The van der Waals surface area contributed by atoms with Crippen molar-refractivity contribution < 1.29 is 8.78 Å². The molecule has 0 aliphatic heterocycles. The molecule has 0 unspecified atom stereocenters. The van der Waals surface area contributed by atoms with Crippen molar-refractivity contribution in [2.75, 3.05) is 0 Å². The van der Waals surface area contributed by atoms with Crippen LogP contribution in [0.5, 0.6) is 0 Å². The monoisotopic (exact) mass is 380 g/mol. The van der Waals surface area contributed by atoms with Gasteiger partial charge in [-0.05, 0) is 62.9 Å². The van der Waals surface area contributed by atoms with Gasteiger partial charge in [0, 0.05) is 0 Å². The van der Waals surface area contributed by atoms with E-state index >= 15 is 0 Å². The molecule has 60 valence electrons. The fraction of sp³-hybridized carbons (Fsp3) is 0.143. The van der Waals surface area contributed by atoms with E-state index in [1.54, 1.807) is 0 Å². The molecule has 0 spiro atoms. The maximum Gasteiger partial charge on any atom is 0.149 e. The van der Waals surface area contributed by atoms with Gasteiger partial charge in [0.25, 0.3) is 0 Å². The van der Waals surface area contributed by atoms with Crippen molar-refractivity contribution in [1.82, 2.24) is 0 Å². The van der Waals surface area contributed by atoms with E-state index in [-0.39, 0.29) is 5.82 Å². The highest BCUT2D eigenvalue weighted by molar-refractivity contribution is 14.1. The third-order valence-corrected chi connectivity index (χ3v) is 2.77. The van der Waals surface area contributed by atoms with Gasteiger partial charge in [0.2, 0.25) is 0 Å². The summed E-state index contributed by atoms with van der Waals surface area (Å²) in [5.41, 5.74) is 0.528. The van der Waals surface area contributed by atoms with Crippen molar-refractivity contribution >= 4 is 45.2 Å². The lowest BCUT2D eigenvalue weighted by atomic mass is 10.2. The minimum absolute atomic E-state index is 0.261. The standard InChI is InChI=1S/C7H4F2I2/c8-3-4-1-5(10)7(9)6(11)2-4/h1-2H,3H2. The zero-order chi connectivity index (χ0) is 8.43. The zero-order valence-corrected chi connectivity index (χ0v) is 9.69. The second-order valence-corrected chi connectivity index (χ2v) is 4.33. The van der Waals surface area contributed by atoms with Gasteiger partial charge in [-0.2, -0.15) is 0 Å². The molecule has 0 amide bonds. The maximum absolute atomic E-state index is 12.9. The minimum atomic E-state index is -0.535. The molecule has 0 aliphatic rings. The van der Waals surface area contributed by atoms with E-state index in [4.69, 9.17) is 0 Å². The Labute approximate surface area is 90.7 Å². The molecular formula is C7H4F2I2. The van der Waals surface area contributed by atoms with Gasteiger partial charge >= 0.3 is 0 Å². The first kappa shape index (κ1) is 9.63. The Balaban J connectivity index is 3.21. The third-order valence-electron chi connectivity index (χ3n) is 1.20. The second-order valence-electron chi connectivity index (χ2n) is 2.01. The molecule has 0 saturated carbocycles. The van der Waals surface area contributed by atoms with E-state index < -0.39 is 6.67 Å². The van der Waals surface area contributed by atoms with Gasteiger partial charge in [0.1, 0.15) is 12.5 Å². The Bertz CT molecular complexity index is 250. The van der Waals surface area contributed by atoms with E-state index in [2.05, 4.69) is 0 Å². The summed E-state index contributed by atoms with van der Waals surface area (Å²) in [4.78, 5) is 0. The normalized spacial score (nSPS) is 10.2. The lowest BCUT2D eigenvalue weighted by Gasteiger charge is -2.00. The van der Waals surface area contributed by atoms with Crippen molar-refractivity contribution in [3.63, 3.8) is 0 Å². The topological polar surface area (TPSA) is 0 Å². The molecule has 1 aromatic rings. The highest BCUT2D eigenvalue weighted by atomic mass is 127. The SMILES string of the molecule is FCc1cc(I)c(F)c(I)c1. The van der Waals surface area contributed by atoms with Gasteiger partial charge in [-0.15, -0.1) is 0 Å². The molecule has 0 aromatic heterocycles. The van der Waals surface area contributed by atoms with Crippen LogP contribution in [0.2, 0.25) is 0 Å². The number of hydrogen-bond donors (Lipinski definition) is 0. The van der Waals surface area contributed by atoms with Crippen LogP contribution in [0.25, 0.3) is 0 Å². The van der Waals surface area contributed by atoms with E-state index in [1.165, 1.54) is 12.1 Å². The average molecular weight is 380 g/mol. The summed E-state index contributed by atoms with van der Waals surface area (Å²) in [6.07, 6.45) is 0. The Kier molecular flexibility index (Phi) is 3.48. The summed E-state index contributed by atoms with van der Waals surface area (Å²) < 4.78 is 25.9. The van der Waals surface area contributed by atoms with Gasteiger partial charge in [-0.1, -0.05) is 0 Å². The Morgan fingerprint density at radius 2 is 1.64 bits per heavy atom. The molecule has 0 radical (unpaired) electrons. The third kappa shape index (κ3) is 2.24. The predicted octanol–water partition coefficient (Wildman–Crippen LogP) is 3.50. The first-order chi connectivity index (χ1) is 5.15. The summed E-state index contributed by atoms with van der Waals surface area (Å²) in [5.74, 6) is -0.261. The first-order valence-corrected chi connectivity index (χ1v) is 5.00. The smallest absolute Gasteiger partial charge is 0.149 e. The van der Waals surface area contributed by atoms with Crippen LogP contribution in [0.3, 0.4) is 0 Å². The summed E-state index contributed by atoms with van der Waals surface area (Å²) in [6.45, 7) is -0.535. The van der Waals surface area contributed by atoms with Crippen molar-refractivity contribution in [1.29, 1.82) is 0 Å². The highest BCUT2D eigenvalue weighted by Gasteiger charge is 2.05. The minimum Gasteiger partial charge on any atom is -0.246 e. The lowest BCUT2D eigenvalue weighted by Crippen LogP contribution is -1.90. The summed E-state index contributed by atoms with van der Waals surface area (Å²) in [5, 5.41) is 0. The molecule has 4 heteroatoms. The van der Waals surface area contributed by atoms with Crippen LogP contribution in [0.1, 0.15) is 5.56 Å². The second kappa shape index (κ2) is 3.97. The number of hydrogen-bond acceptors (Lipinski definition) is 0. The highest BCUT2D eigenvalue weighted by Crippen LogP contribution is 2.20. The van der Waals surface area contributed by atoms with Crippen LogP contribution < -0.4 is 0 Å². The number of alkyl halides is 1. The van der Waals surface area contributed by atoms with Crippen molar-refractivity contribution in [3.05, 3.63) is 30.7 Å². The van der Waals surface area contributed by atoms with Crippen LogP contribution in [-0.4, -0.2) is 0 Å². The largest absolute Gasteiger partial charge is 0.246 e. The lowest BCUT2D eigenvalue weighted by molar-refractivity contribution is 0.483. The quantitative estimate of drug-likeness (QED) is 0.517. The molecule has 0 fully saturated rings. The molecule has 0 saturated heterocycles.